The minimum atomic E-state index is -4.26. The lowest BCUT2D eigenvalue weighted by Gasteiger charge is -2.25. The van der Waals surface area contributed by atoms with E-state index in [1.54, 1.807) is 43.3 Å². The molecule has 10 heteroatoms. The highest BCUT2D eigenvalue weighted by Gasteiger charge is 2.49. The Bertz CT molecular complexity index is 1420. The molecule has 1 amide bonds. The summed E-state index contributed by atoms with van der Waals surface area (Å²) in [5.74, 6) is -2.41. The number of hydrogen-bond donors (Lipinski definition) is 1. The van der Waals surface area contributed by atoms with Gasteiger partial charge in [-0.25, -0.2) is 18.2 Å². The number of carbonyl (C=O) groups is 2. The number of ether oxygens (including phenoxy) is 1. The largest absolute Gasteiger partial charge is 0.502 e. The second kappa shape index (κ2) is 8.69. The third kappa shape index (κ3) is 3.88. The number of anilines is 1. The van der Waals surface area contributed by atoms with E-state index in [-0.39, 0.29) is 14.9 Å². The Labute approximate surface area is 201 Å². The molecule has 2 aromatic carbocycles. The molecule has 1 N–H and O–H groups in total. The van der Waals surface area contributed by atoms with Crippen molar-refractivity contribution in [3.63, 3.8) is 0 Å². The van der Waals surface area contributed by atoms with Crippen LogP contribution >= 0.6 is 11.3 Å². The molecule has 0 fully saturated rings. The van der Waals surface area contributed by atoms with Crippen LogP contribution in [0.3, 0.4) is 0 Å². The van der Waals surface area contributed by atoms with Gasteiger partial charge in [-0.3, -0.25) is 9.69 Å². The van der Waals surface area contributed by atoms with Gasteiger partial charge in [0.25, 0.3) is 5.91 Å². The number of aliphatic hydroxyl groups excluding tert-OH is 1. The third-order valence-corrected chi connectivity index (χ3v) is 8.56. The van der Waals surface area contributed by atoms with Gasteiger partial charge in [-0.1, -0.05) is 58.9 Å². The first-order valence-electron chi connectivity index (χ1n) is 10.3. The van der Waals surface area contributed by atoms with Crippen molar-refractivity contribution in [2.75, 3.05) is 12.0 Å². The van der Waals surface area contributed by atoms with E-state index in [9.17, 15) is 23.1 Å². The molecule has 1 atom stereocenters. The molecule has 0 saturated carbocycles. The average Bonchev–Trinajstić information content (AvgIpc) is 3.31. The number of esters is 1. The molecule has 0 radical (unpaired) electrons. The summed E-state index contributed by atoms with van der Waals surface area (Å²) in [7, 11) is -3.02. The Hall–Kier alpha value is -3.50. The molecule has 0 saturated heterocycles. The van der Waals surface area contributed by atoms with Gasteiger partial charge in [0.15, 0.2) is 10.9 Å². The fraction of sp³-hybridized carbons (Fsp3) is 0.208. The van der Waals surface area contributed by atoms with Crippen molar-refractivity contribution in [1.29, 1.82) is 0 Å². The summed E-state index contributed by atoms with van der Waals surface area (Å²) in [5.41, 5.74) is 2.61. The van der Waals surface area contributed by atoms with Gasteiger partial charge in [-0.05, 0) is 38.5 Å². The van der Waals surface area contributed by atoms with Gasteiger partial charge in [0.05, 0.1) is 17.7 Å². The number of benzene rings is 2. The number of aliphatic hydroxyl groups is 1. The van der Waals surface area contributed by atoms with Gasteiger partial charge < -0.3 is 9.84 Å². The number of thiazole rings is 1. The van der Waals surface area contributed by atoms with Crippen molar-refractivity contribution in [3.05, 3.63) is 86.5 Å². The molecule has 0 bridgehead atoms. The van der Waals surface area contributed by atoms with Crippen molar-refractivity contribution in [2.24, 2.45) is 0 Å². The molecule has 2 heterocycles. The lowest BCUT2D eigenvalue weighted by molar-refractivity contribution is -0.117. The summed E-state index contributed by atoms with van der Waals surface area (Å²) in [6.45, 7) is 5.29. The number of aryl methyl sites for hydroxylation is 3. The van der Waals surface area contributed by atoms with Gasteiger partial charge in [-0.15, -0.1) is 0 Å². The maximum Gasteiger partial charge on any atom is 0.350 e. The highest BCUT2D eigenvalue weighted by Crippen LogP contribution is 2.46. The van der Waals surface area contributed by atoms with Crippen LogP contribution in [0.5, 0.6) is 0 Å². The molecule has 1 aromatic heterocycles. The van der Waals surface area contributed by atoms with Crippen LogP contribution in [-0.2, 0) is 19.4 Å². The third-order valence-electron chi connectivity index (χ3n) is 5.54. The normalized spacial score (nSPS) is 16.3. The summed E-state index contributed by atoms with van der Waals surface area (Å²) in [6.07, 6.45) is 0. The number of sulfone groups is 1. The predicted molar refractivity (Wildman–Crippen MR) is 128 cm³/mol. The Morgan fingerprint density at radius 3 is 2.15 bits per heavy atom. The van der Waals surface area contributed by atoms with Gasteiger partial charge in [0.1, 0.15) is 15.8 Å². The van der Waals surface area contributed by atoms with Crippen LogP contribution in [-0.4, -0.2) is 37.5 Å². The maximum absolute atomic E-state index is 13.7. The average molecular weight is 499 g/mol. The van der Waals surface area contributed by atoms with Gasteiger partial charge in [-0.2, -0.15) is 0 Å². The lowest BCUT2D eigenvalue weighted by Crippen LogP contribution is -2.31. The van der Waals surface area contributed by atoms with Crippen molar-refractivity contribution in [1.82, 2.24) is 4.98 Å². The highest BCUT2D eigenvalue weighted by molar-refractivity contribution is 7.95. The van der Waals surface area contributed by atoms with Crippen LogP contribution < -0.4 is 4.90 Å². The Morgan fingerprint density at radius 1 is 1.03 bits per heavy atom. The Balaban J connectivity index is 1.93. The number of nitrogens with zero attached hydrogens (tertiary/aromatic N) is 2. The first kappa shape index (κ1) is 23.7. The van der Waals surface area contributed by atoms with E-state index in [2.05, 4.69) is 4.98 Å². The molecule has 1 aliphatic heterocycles. The Morgan fingerprint density at radius 2 is 1.59 bits per heavy atom. The van der Waals surface area contributed by atoms with Gasteiger partial charge in [0.2, 0.25) is 9.84 Å². The zero-order chi connectivity index (χ0) is 24.8. The van der Waals surface area contributed by atoms with Crippen LogP contribution in [0.4, 0.5) is 5.13 Å². The van der Waals surface area contributed by atoms with E-state index in [0.29, 0.717) is 11.3 Å². The molecule has 0 aliphatic carbocycles. The molecule has 176 valence electrons. The second-order valence-corrected chi connectivity index (χ2v) is 10.8. The standard InChI is InChI=1S/C24H22N2O6S2/c1-13-5-9-16(10-6-13)18-21(34(30,31)17-11-7-14(2)8-12-17)19(27)22(28)26(18)24-25-15(3)20(33-24)23(29)32-4/h5-12,18,27H,1-4H3/t18-/m1/s1. The molecule has 1 aliphatic rings. The smallest absolute Gasteiger partial charge is 0.350 e. The van der Waals surface area contributed by atoms with Crippen molar-refractivity contribution in [2.45, 2.75) is 31.7 Å². The molecule has 0 spiro atoms. The van der Waals surface area contributed by atoms with Crippen molar-refractivity contribution >= 4 is 38.2 Å². The number of amides is 1. The lowest BCUT2D eigenvalue weighted by atomic mass is 10.1. The van der Waals surface area contributed by atoms with Gasteiger partial charge >= 0.3 is 5.97 Å². The summed E-state index contributed by atoms with van der Waals surface area (Å²) in [4.78, 5) is 30.5. The topological polar surface area (TPSA) is 114 Å². The Kier molecular flexibility index (Phi) is 6.05. The molecular formula is C24H22N2O6S2. The number of rotatable bonds is 5. The van der Waals surface area contributed by atoms with Crippen LogP contribution in [0.1, 0.15) is 38.1 Å². The van der Waals surface area contributed by atoms with Crippen LogP contribution in [0, 0.1) is 20.8 Å². The number of methoxy groups -OCH3 is 1. The summed E-state index contributed by atoms with van der Waals surface area (Å²) in [6, 6.07) is 12.0. The van der Waals surface area contributed by atoms with E-state index >= 15 is 0 Å². The maximum atomic E-state index is 13.7. The molecule has 0 unspecified atom stereocenters. The number of hydrogen-bond acceptors (Lipinski definition) is 8. The SMILES string of the molecule is COC(=O)c1sc(N2C(=O)C(O)=C(S(=O)(=O)c3ccc(C)cc3)[C@H]2c2ccc(C)cc2)nc1C. The predicted octanol–water partition coefficient (Wildman–Crippen LogP) is 4.19. The van der Waals surface area contributed by atoms with E-state index in [1.165, 1.54) is 19.2 Å². The number of aromatic nitrogens is 1. The van der Waals surface area contributed by atoms with E-state index < -0.39 is 38.4 Å². The monoisotopic (exact) mass is 498 g/mol. The summed E-state index contributed by atoms with van der Waals surface area (Å²) in [5, 5.41) is 10.9. The highest BCUT2D eigenvalue weighted by atomic mass is 32.2. The van der Waals surface area contributed by atoms with Crippen molar-refractivity contribution < 1.29 is 27.9 Å². The van der Waals surface area contributed by atoms with Crippen LogP contribution in [0.15, 0.2) is 64.1 Å². The van der Waals surface area contributed by atoms with Crippen molar-refractivity contribution in [3.8, 4) is 0 Å². The molecule has 8 nitrogen and oxygen atoms in total. The first-order valence-corrected chi connectivity index (χ1v) is 12.6. The minimum Gasteiger partial charge on any atom is -0.502 e. The van der Waals surface area contributed by atoms with Crippen LogP contribution in [0.25, 0.3) is 0 Å². The molecule has 4 rings (SSSR count). The zero-order valence-electron chi connectivity index (χ0n) is 18.9. The van der Waals surface area contributed by atoms with E-state index in [4.69, 9.17) is 4.74 Å². The summed E-state index contributed by atoms with van der Waals surface area (Å²) >= 11 is 0.894. The quantitative estimate of drug-likeness (QED) is 0.525. The molecule has 3 aromatic rings. The first-order chi connectivity index (χ1) is 16.1. The van der Waals surface area contributed by atoms with E-state index in [1.807, 2.05) is 13.8 Å². The number of carbonyl (C=O) groups excluding carboxylic acids is 2. The zero-order valence-corrected chi connectivity index (χ0v) is 20.5. The van der Waals surface area contributed by atoms with E-state index in [0.717, 1.165) is 27.4 Å². The molecular weight excluding hydrogens is 476 g/mol. The molecule has 34 heavy (non-hydrogen) atoms. The fourth-order valence-corrected chi connectivity index (χ4v) is 6.35. The minimum absolute atomic E-state index is 0.0445. The van der Waals surface area contributed by atoms with Crippen LogP contribution in [0.2, 0.25) is 0 Å². The summed E-state index contributed by atoms with van der Waals surface area (Å²) < 4.78 is 32.1. The second-order valence-electron chi connectivity index (χ2n) is 7.92. The fourth-order valence-electron chi connectivity index (χ4n) is 3.72. The van der Waals surface area contributed by atoms with Gasteiger partial charge in [0, 0.05) is 0 Å².